The summed E-state index contributed by atoms with van der Waals surface area (Å²) >= 11 is 7.40. The Morgan fingerprint density at radius 2 is 2.18 bits per heavy atom. The van der Waals surface area contributed by atoms with Crippen LogP contribution in [0.5, 0.6) is 0 Å². The molecule has 96 valence electrons. The fraction of sp³-hybridized carbons (Fsp3) is 0.615. The second-order valence-electron chi connectivity index (χ2n) is 5.48. The van der Waals surface area contributed by atoms with E-state index in [-0.39, 0.29) is 5.54 Å². The van der Waals surface area contributed by atoms with Crippen LogP contribution in [0, 0.1) is 5.92 Å². The SMILES string of the molecule is CC(C)/C(=C/c1ncc(Cl)s1)CNC(C)(C)C. The van der Waals surface area contributed by atoms with Crippen LogP contribution in [-0.4, -0.2) is 17.1 Å². The van der Waals surface area contributed by atoms with Gasteiger partial charge in [-0.3, -0.25) is 0 Å². The lowest BCUT2D eigenvalue weighted by Gasteiger charge is -2.23. The molecular formula is C13H21ClN2S. The van der Waals surface area contributed by atoms with Crippen molar-refractivity contribution in [2.24, 2.45) is 5.92 Å². The van der Waals surface area contributed by atoms with Crippen LogP contribution in [0.25, 0.3) is 6.08 Å². The molecule has 0 radical (unpaired) electrons. The van der Waals surface area contributed by atoms with Gasteiger partial charge in [-0.25, -0.2) is 4.98 Å². The quantitative estimate of drug-likeness (QED) is 0.888. The number of hydrogen-bond acceptors (Lipinski definition) is 3. The molecule has 1 aromatic rings. The van der Waals surface area contributed by atoms with Crippen LogP contribution in [0.15, 0.2) is 11.8 Å². The minimum Gasteiger partial charge on any atom is -0.308 e. The summed E-state index contributed by atoms with van der Waals surface area (Å²) in [6.07, 6.45) is 3.84. The fourth-order valence-corrected chi connectivity index (χ4v) is 2.19. The Morgan fingerprint density at radius 3 is 2.59 bits per heavy atom. The summed E-state index contributed by atoms with van der Waals surface area (Å²) in [7, 11) is 0. The Morgan fingerprint density at radius 1 is 1.53 bits per heavy atom. The molecule has 0 saturated carbocycles. The van der Waals surface area contributed by atoms with Gasteiger partial charge in [0.25, 0.3) is 0 Å². The van der Waals surface area contributed by atoms with E-state index in [4.69, 9.17) is 11.6 Å². The van der Waals surface area contributed by atoms with Crippen molar-refractivity contribution in [2.45, 2.75) is 40.2 Å². The van der Waals surface area contributed by atoms with Gasteiger partial charge in [-0.15, -0.1) is 11.3 Å². The van der Waals surface area contributed by atoms with Crippen molar-refractivity contribution < 1.29 is 0 Å². The zero-order valence-electron chi connectivity index (χ0n) is 11.2. The smallest absolute Gasteiger partial charge is 0.117 e. The average molecular weight is 273 g/mol. The molecule has 0 aliphatic carbocycles. The molecule has 0 saturated heterocycles. The summed E-state index contributed by atoms with van der Waals surface area (Å²) in [5.74, 6) is 0.507. The summed E-state index contributed by atoms with van der Waals surface area (Å²) < 4.78 is 0.739. The molecule has 0 aliphatic rings. The Balaban J connectivity index is 2.76. The number of hydrogen-bond donors (Lipinski definition) is 1. The maximum atomic E-state index is 5.88. The Kier molecular flexibility index (Phi) is 5.17. The van der Waals surface area contributed by atoms with Crippen LogP contribution in [0.4, 0.5) is 0 Å². The van der Waals surface area contributed by atoms with Crippen LogP contribution < -0.4 is 5.32 Å². The molecule has 0 atom stereocenters. The second-order valence-corrected chi connectivity index (χ2v) is 7.17. The third-order valence-electron chi connectivity index (χ3n) is 2.37. The van der Waals surface area contributed by atoms with Gasteiger partial charge in [-0.2, -0.15) is 0 Å². The third kappa shape index (κ3) is 5.66. The van der Waals surface area contributed by atoms with E-state index < -0.39 is 0 Å². The first-order valence-corrected chi connectivity index (χ1v) is 7.04. The van der Waals surface area contributed by atoms with E-state index in [1.165, 1.54) is 16.9 Å². The molecule has 0 amide bonds. The Bertz CT molecular complexity index is 388. The summed E-state index contributed by atoms with van der Waals surface area (Å²) in [6, 6.07) is 0. The van der Waals surface area contributed by atoms with Gasteiger partial charge < -0.3 is 5.32 Å². The normalized spacial score (nSPS) is 13.5. The fourth-order valence-electron chi connectivity index (χ4n) is 1.28. The van der Waals surface area contributed by atoms with Gasteiger partial charge in [0.2, 0.25) is 0 Å². The lowest BCUT2D eigenvalue weighted by molar-refractivity contribution is 0.437. The van der Waals surface area contributed by atoms with E-state index in [1.54, 1.807) is 6.20 Å². The molecule has 4 heteroatoms. The van der Waals surface area contributed by atoms with Crippen molar-refractivity contribution in [2.75, 3.05) is 6.54 Å². The van der Waals surface area contributed by atoms with Crippen molar-refractivity contribution in [1.82, 2.24) is 10.3 Å². The lowest BCUT2D eigenvalue weighted by atomic mass is 10.0. The summed E-state index contributed by atoms with van der Waals surface area (Å²) in [5.41, 5.74) is 1.49. The van der Waals surface area contributed by atoms with Gasteiger partial charge in [0.05, 0.1) is 6.20 Å². The summed E-state index contributed by atoms with van der Waals surface area (Å²) in [4.78, 5) is 4.26. The van der Waals surface area contributed by atoms with Crippen LogP contribution in [-0.2, 0) is 0 Å². The molecule has 0 spiro atoms. The first-order valence-electron chi connectivity index (χ1n) is 5.85. The first kappa shape index (κ1) is 14.7. The average Bonchev–Trinajstić information content (AvgIpc) is 2.56. The predicted molar refractivity (Wildman–Crippen MR) is 77.7 cm³/mol. The summed E-state index contributed by atoms with van der Waals surface area (Å²) in [6.45, 7) is 11.8. The van der Waals surface area contributed by atoms with Gasteiger partial charge in [-0.05, 0) is 32.8 Å². The van der Waals surface area contributed by atoms with Crippen molar-refractivity contribution in [1.29, 1.82) is 0 Å². The molecule has 1 rings (SSSR count). The van der Waals surface area contributed by atoms with Crippen LogP contribution in [0.3, 0.4) is 0 Å². The number of rotatable bonds is 4. The highest BCUT2D eigenvalue weighted by Crippen LogP contribution is 2.22. The number of aromatic nitrogens is 1. The zero-order valence-corrected chi connectivity index (χ0v) is 12.7. The van der Waals surface area contributed by atoms with Gasteiger partial charge in [0.15, 0.2) is 0 Å². The molecule has 0 aromatic carbocycles. The van der Waals surface area contributed by atoms with E-state index in [0.717, 1.165) is 15.9 Å². The molecule has 0 bridgehead atoms. The highest BCUT2D eigenvalue weighted by atomic mass is 35.5. The van der Waals surface area contributed by atoms with E-state index in [0.29, 0.717) is 5.92 Å². The lowest BCUT2D eigenvalue weighted by Crippen LogP contribution is -2.37. The van der Waals surface area contributed by atoms with Crippen LogP contribution in [0.1, 0.15) is 39.6 Å². The molecule has 0 fully saturated rings. The highest BCUT2D eigenvalue weighted by molar-refractivity contribution is 7.16. The highest BCUT2D eigenvalue weighted by Gasteiger charge is 2.12. The second kappa shape index (κ2) is 5.98. The van der Waals surface area contributed by atoms with E-state index in [9.17, 15) is 0 Å². The van der Waals surface area contributed by atoms with Gasteiger partial charge in [0, 0.05) is 12.1 Å². The monoisotopic (exact) mass is 272 g/mol. The minimum atomic E-state index is 0.133. The molecule has 1 N–H and O–H groups in total. The van der Waals surface area contributed by atoms with E-state index in [1.807, 2.05) is 0 Å². The maximum absolute atomic E-state index is 5.88. The number of thiazole rings is 1. The summed E-state index contributed by atoms with van der Waals surface area (Å²) in [5, 5.41) is 4.49. The minimum absolute atomic E-state index is 0.133. The van der Waals surface area contributed by atoms with Crippen LogP contribution >= 0.6 is 22.9 Å². The van der Waals surface area contributed by atoms with Crippen LogP contribution in [0.2, 0.25) is 4.34 Å². The third-order valence-corrected chi connectivity index (χ3v) is 3.43. The van der Waals surface area contributed by atoms with Crippen molar-refractivity contribution in [3.8, 4) is 0 Å². The van der Waals surface area contributed by atoms with Gasteiger partial charge >= 0.3 is 0 Å². The predicted octanol–water partition coefficient (Wildman–Crippen LogP) is 4.22. The molecule has 0 unspecified atom stereocenters. The van der Waals surface area contributed by atoms with Crippen molar-refractivity contribution in [3.05, 3.63) is 21.1 Å². The Labute approximate surface area is 113 Å². The molecule has 1 heterocycles. The molecule has 17 heavy (non-hydrogen) atoms. The Hall–Kier alpha value is -0.380. The number of nitrogens with zero attached hydrogens (tertiary/aromatic N) is 1. The van der Waals surface area contributed by atoms with Crippen molar-refractivity contribution >= 4 is 29.0 Å². The van der Waals surface area contributed by atoms with Gasteiger partial charge in [0.1, 0.15) is 9.34 Å². The number of nitrogens with one attached hydrogen (secondary N) is 1. The number of halogens is 1. The van der Waals surface area contributed by atoms with E-state index in [2.05, 4.69) is 51.0 Å². The molecule has 2 nitrogen and oxygen atoms in total. The standard InChI is InChI=1S/C13H21ClN2S/c1-9(2)10(7-16-13(3,4)5)6-12-15-8-11(14)17-12/h6,8-9,16H,7H2,1-5H3/b10-6+. The zero-order chi connectivity index (χ0) is 13.1. The molecular weight excluding hydrogens is 252 g/mol. The van der Waals surface area contributed by atoms with Crippen molar-refractivity contribution in [3.63, 3.8) is 0 Å². The van der Waals surface area contributed by atoms with Gasteiger partial charge in [-0.1, -0.05) is 31.0 Å². The first-order chi connectivity index (χ1) is 7.78. The molecule has 0 aliphatic heterocycles. The topological polar surface area (TPSA) is 24.9 Å². The largest absolute Gasteiger partial charge is 0.308 e. The molecule has 1 aromatic heterocycles. The van der Waals surface area contributed by atoms with E-state index >= 15 is 0 Å². The maximum Gasteiger partial charge on any atom is 0.117 e.